The molecule has 2 heterocycles. The molecule has 6 heteroatoms. The van der Waals surface area contributed by atoms with Crippen LogP contribution in [0.3, 0.4) is 0 Å². The molecule has 0 spiro atoms. The summed E-state index contributed by atoms with van der Waals surface area (Å²) in [4.78, 5) is 14.2. The highest BCUT2D eigenvalue weighted by Gasteiger charge is 2.25. The van der Waals surface area contributed by atoms with E-state index in [0.29, 0.717) is 5.01 Å². The second-order valence-electron chi connectivity index (χ2n) is 4.98. The van der Waals surface area contributed by atoms with E-state index >= 15 is 0 Å². The monoisotopic (exact) mass is 282 g/mol. The fraction of sp³-hybridized carbons (Fsp3) is 0.769. The predicted octanol–water partition coefficient (Wildman–Crippen LogP) is 2.62. The molecule has 106 valence electrons. The number of amides is 1. The fourth-order valence-electron chi connectivity index (χ4n) is 2.29. The van der Waals surface area contributed by atoms with E-state index in [4.69, 9.17) is 0 Å². The summed E-state index contributed by atoms with van der Waals surface area (Å²) in [5.74, 6) is 0.817. The maximum Gasteiger partial charge on any atom is 0.284 e. The third-order valence-electron chi connectivity index (χ3n) is 3.61. The van der Waals surface area contributed by atoms with Gasteiger partial charge in [0.1, 0.15) is 0 Å². The van der Waals surface area contributed by atoms with Crippen molar-refractivity contribution in [1.29, 1.82) is 0 Å². The smallest absolute Gasteiger partial charge is 0.284 e. The average Bonchev–Trinajstić information content (AvgIpc) is 2.93. The molecular formula is C13H22N4OS. The Morgan fingerprint density at radius 2 is 2.11 bits per heavy atom. The number of nitrogens with zero attached hydrogens (tertiary/aromatic N) is 3. The van der Waals surface area contributed by atoms with Gasteiger partial charge in [-0.05, 0) is 25.2 Å². The third-order valence-corrected chi connectivity index (χ3v) is 4.48. The lowest BCUT2D eigenvalue weighted by molar-refractivity contribution is 0.0687. The summed E-state index contributed by atoms with van der Waals surface area (Å²) in [6.45, 7) is 6.89. The van der Waals surface area contributed by atoms with Crippen molar-refractivity contribution in [2.24, 2.45) is 5.92 Å². The maximum absolute atomic E-state index is 12.3. The van der Waals surface area contributed by atoms with Gasteiger partial charge in [0.05, 0.1) is 0 Å². The van der Waals surface area contributed by atoms with Crippen LogP contribution in [-0.4, -0.2) is 40.6 Å². The number of aromatic nitrogens is 2. The lowest BCUT2D eigenvalue weighted by atomic mass is 9.94. The first kappa shape index (κ1) is 14.2. The number of hydrogen-bond acceptors (Lipinski definition) is 5. The summed E-state index contributed by atoms with van der Waals surface area (Å²) in [6, 6.07) is 0. The van der Waals surface area contributed by atoms with Gasteiger partial charge in [0.15, 0.2) is 0 Å². The van der Waals surface area contributed by atoms with Crippen molar-refractivity contribution in [1.82, 2.24) is 15.1 Å². The van der Waals surface area contributed by atoms with Crippen LogP contribution in [0.2, 0.25) is 0 Å². The molecule has 1 N–H and O–H groups in total. The van der Waals surface area contributed by atoms with E-state index in [0.717, 1.165) is 49.9 Å². The van der Waals surface area contributed by atoms with Gasteiger partial charge in [-0.25, -0.2) is 0 Å². The zero-order valence-corrected chi connectivity index (χ0v) is 12.5. The molecule has 1 amide bonds. The molecule has 0 aromatic carbocycles. The molecule has 5 nitrogen and oxygen atoms in total. The Hall–Kier alpha value is -1.17. The van der Waals surface area contributed by atoms with Gasteiger partial charge in [-0.15, -0.1) is 10.2 Å². The number of piperidine rings is 1. The van der Waals surface area contributed by atoms with Crippen molar-refractivity contribution < 1.29 is 4.79 Å². The van der Waals surface area contributed by atoms with E-state index in [1.54, 1.807) is 0 Å². The van der Waals surface area contributed by atoms with Gasteiger partial charge >= 0.3 is 0 Å². The molecule has 1 fully saturated rings. The summed E-state index contributed by atoms with van der Waals surface area (Å²) in [5, 5.41) is 12.4. The minimum absolute atomic E-state index is 0.0385. The first-order chi connectivity index (χ1) is 9.24. The average molecular weight is 282 g/mol. The standard InChI is InChI=1S/C13H22N4OS/c1-3-7-14-13-16-15-11(19-13)12(18)17-8-5-10(4-2)6-9-17/h10H,3-9H2,1-2H3,(H,14,16). The zero-order chi connectivity index (χ0) is 13.7. The normalized spacial score (nSPS) is 16.6. The first-order valence-electron chi connectivity index (χ1n) is 7.11. The Morgan fingerprint density at radius 1 is 1.37 bits per heavy atom. The number of likely N-dealkylation sites (tertiary alicyclic amines) is 1. The maximum atomic E-state index is 12.3. The molecule has 0 unspecified atom stereocenters. The number of hydrogen-bond donors (Lipinski definition) is 1. The largest absolute Gasteiger partial charge is 0.360 e. The van der Waals surface area contributed by atoms with Gasteiger partial charge in [0, 0.05) is 19.6 Å². The molecule has 1 aromatic rings. The van der Waals surface area contributed by atoms with E-state index in [2.05, 4.69) is 29.4 Å². The Kier molecular flexibility index (Phi) is 5.13. The number of rotatable bonds is 5. The van der Waals surface area contributed by atoms with Gasteiger partial charge in [-0.2, -0.15) is 0 Å². The van der Waals surface area contributed by atoms with Crippen molar-refractivity contribution in [3.05, 3.63) is 5.01 Å². The quantitative estimate of drug-likeness (QED) is 0.902. The highest BCUT2D eigenvalue weighted by molar-refractivity contribution is 7.17. The summed E-state index contributed by atoms with van der Waals surface area (Å²) >= 11 is 1.36. The molecule has 19 heavy (non-hydrogen) atoms. The van der Waals surface area contributed by atoms with E-state index in [-0.39, 0.29) is 5.91 Å². The van der Waals surface area contributed by atoms with Crippen molar-refractivity contribution in [2.45, 2.75) is 39.5 Å². The van der Waals surface area contributed by atoms with Crippen molar-refractivity contribution in [3.63, 3.8) is 0 Å². The summed E-state index contributed by atoms with van der Waals surface area (Å²) in [7, 11) is 0. The molecule has 0 bridgehead atoms. The van der Waals surface area contributed by atoms with Crippen LogP contribution < -0.4 is 5.32 Å². The number of carbonyl (C=O) groups is 1. The molecule has 2 rings (SSSR count). The second kappa shape index (κ2) is 6.84. The van der Waals surface area contributed by atoms with Crippen LogP contribution in [0.15, 0.2) is 0 Å². The molecular weight excluding hydrogens is 260 g/mol. The van der Waals surface area contributed by atoms with Gasteiger partial charge in [0.25, 0.3) is 5.91 Å². The third kappa shape index (κ3) is 3.65. The summed E-state index contributed by atoms with van der Waals surface area (Å²) in [6.07, 6.45) is 4.48. The molecule has 1 aliphatic heterocycles. The minimum Gasteiger partial charge on any atom is -0.360 e. The molecule has 1 aromatic heterocycles. The van der Waals surface area contributed by atoms with Crippen LogP contribution in [0.1, 0.15) is 49.3 Å². The first-order valence-corrected chi connectivity index (χ1v) is 7.92. The molecule has 0 aliphatic carbocycles. The Labute approximate surface area is 118 Å². The second-order valence-corrected chi connectivity index (χ2v) is 5.96. The van der Waals surface area contributed by atoms with Crippen LogP contribution in [0, 0.1) is 5.92 Å². The Morgan fingerprint density at radius 3 is 2.74 bits per heavy atom. The molecule has 1 aliphatic rings. The minimum atomic E-state index is 0.0385. The fourth-order valence-corrected chi connectivity index (χ4v) is 3.03. The van der Waals surface area contributed by atoms with Crippen molar-refractivity contribution >= 4 is 22.4 Å². The number of anilines is 1. The number of carbonyl (C=O) groups excluding carboxylic acids is 1. The highest BCUT2D eigenvalue weighted by Crippen LogP contribution is 2.23. The number of nitrogens with one attached hydrogen (secondary N) is 1. The van der Waals surface area contributed by atoms with Gasteiger partial charge in [0.2, 0.25) is 10.1 Å². The lowest BCUT2D eigenvalue weighted by Gasteiger charge is -2.30. The van der Waals surface area contributed by atoms with E-state index in [1.165, 1.54) is 17.8 Å². The Balaban J connectivity index is 1.90. The van der Waals surface area contributed by atoms with Crippen LogP contribution in [0.5, 0.6) is 0 Å². The van der Waals surface area contributed by atoms with Gasteiger partial charge < -0.3 is 10.2 Å². The predicted molar refractivity (Wildman–Crippen MR) is 77.6 cm³/mol. The molecule has 0 radical (unpaired) electrons. The summed E-state index contributed by atoms with van der Waals surface area (Å²) < 4.78 is 0. The van der Waals surface area contributed by atoms with Crippen molar-refractivity contribution in [2.75, 3.05) is 25.0 Å². The van der Waals surface area contributed by atoms with E-state index < -0.39 is 0 Å². The Bertz CT molecular complexity index is 413. The van der Waals surface area contributed by atoms with Gasteiger partial charge in [-0.3, -0.25) is 4.79 Å². The molecule has 1 saturated heterocycles. The lowest BCUT2D eigenvalue weighted by Crippen LogP contribution is -2.38. The zero-order valence-electron chi connectivity index (χ0n) is 11.7. The summed E-state index contributed by atoms with van der Waals surface area (Å²) in [5.41, 5.74) is 0. The SMILES string of the molecule is CCCNc1nnc(C(=O)N2CCC(CC)CC2)s1. The highest BCUT2D eigenvalue weighted by atomic mass is 32.1. The van der Waals surface area contributed by atoms with Crippen LogP contribution in [0.4, 0.5) is 5.13 Å². The van der Waals surface area contributed by atoms with E-state index in [1.807, 2.05) is 4.90 Å². The molecule has 0 atom stereocenters. The van der Waals surface area contributed by atoms with Crippen LogP contribution in [-0.2, 0) is 0 Å². The van der Waals surface area contributed by atoms with Gasteiger partial charge in [-0.1, -0.05) is 31.6 Å². The van der Waals surface area contributed by atoms with Crippen molar-refractivity contribution in [3.8, 4) is 0 Å². The van der Waals surface area contributed by atoms with Crippen LogP contribution >= 0.6 is 11.3 Å². The van der Waals surface area contributed by atoms with E-state index in [9.17, 15) is 4.79 Å². The van der Waals surface area contributed by atoms with Crippen LogP contribution in [0.25, 0.3) is 0 Å². The molecule has 0 saturated carbocycles. The topological polar surface area (TPSA) is 58.1 Å².